The van der Waals surface area contributed by atoms with E-state index in [4.69, 9.17) is 16.3 Å². The Balaban J connectivity index is 3.61. The van der Waals surface area contributed by atoms with E-state index in [-0.39, 0.29) is 5.54 Å². The largest absolute Gasteiger partial charge is 0.382 e. The number of hydrogen-bond donors (Lipinski definition) is 1. The van der Waals surface area contributed by atoms with Gasteiger partial charge in [-0.1, -0.05) is 13.8 Å². The zero-order valence-electron chi connectivity index (χ0n) is 9.74. The molecule has 2 nitrogen and oxygen atoms in total. The average Bonchev–Trinajstić information content (AvgIpc) is 2.24. The minimum atomic E-state index is 0.133. The van der Waals surface area contributed by atoms with Gasteiger partial charge in [-0.2, -0.15) is 0 Å². The summed E-state index contributed by atoms with van der Waals surface area (Å²) in [5.41, 5.74) is 0.133. The predicted octanol–water partition coefficient (Wildman–Crippen LogP) is 2.80. The molecule has 14 heavy (non-hydrogen) atoms. The summed E-state index contributed by atoms with van der Waals surface area (Å²) in [5.74, 6) is 0.689. The molecule has 0 saturated heterocycles. The fourth-order valence-corrected chi connectivity index (χ4v) is 1.88. The highest BCUT2D eigenvalue weighted by Gasteiger charge is 2.23. The Hall–Kier alpha value is 0.210. The van der Waals surface area contributed by atoms with Gasteiger partial charge in [-0.05, 0) is 32.7 Å². The van der Waals surface area contributed by atoms with Gasteiger partial charge in [0.1, 0.15) is 0 Å². The van der Waals surface area contributed by atoms with Crippen LogP contribution in [0.3, 0.4) is 0 Å². The lowest BCUT2D eigenvalue weighted by atomic mass is 9.95. The van der Waals surface area contributed by atoms with Crippen molar-refractivity contribution in [3.63, 3.8) is 0 Å². The summed E-state index contributed by atoms with van der Waals surface area (Å²) in [6.07, 6.45) is 3.23. The molecule has 0 aliphatic carbocycles. The molecule has 0 saturated carbocycles. The summed E-state index contributed by atoms with van der Waals surface area (Å²) >= 11 is 5.97. The molecule has 3 heteroatoms. The van der Waals surface area contributed by atoms with Gasteiger partial charge >= 0.3 is 0 Å². The Labute approximate surface area is 93.4 Å². The Morgan fingerprint density at radius 3 is 2.29 bits per heavy atom. The summed E-state index contributed by atoms with van der Waals surface area (Å²) in [4.78, 5) is 0. The van der Waals surface area contributed by atoms with Crippen molar-refractivity contribution >= 4 is 11.6 Å². The van der Waals surface area contributed by atoms with Gasteiger partial charge in [0.15, 0.2) is 0 Å². The molecule has 0 aliphatic heterocycles. The van der Waals surface area contributed by atoms with Crippen molar-refractivity contribution in [2.24, 2.45) is 0 Å². The topological polar surface area (TPSA) is 21.3 Å². The van der Waals surface area contributed by atoms with Gasteiger partial charge in [0.25, 0.3) is 0 Å². The second kappa shape index (κ2) is 8.51. The normalized spacial score (nSPS) is 12.0. The Morgan fingerprint density at radius 2 is 1.86 bits per heavy atom. The lowest BCUT2D eigenvalue weighted by molar-refractivity contribution is 0.142. The van der Waals surface area contributed by atoms with E-state index in [2.05, 4.69) is 19.2 Å². The van der Waals surface area contributed by atoms with Crippen LogP contribution in [-0.4, -0.2) is 31.2 Å². The van der Waals surface area contributed by atoms with Crippen molar-refractivity contribution < 1.29 is 4.74 Å². The number of alkyl halides is 1. The van der Waals surface area contributed by atoms with Gasteiger partial charge in [0.05, 0.1) is 0 Å². The highest BCUT2D eigenvalue weighted by Crippen LogP contribution is 2.16. The Kier molecular flexibility index (Phi) is 8.64. The first kappa shape index (κ1) is 14.2. The summed E-state index contributed by atoms with van der Waals surface area (Å²) in [6, 6.07) is 0. The molecular formula is C11H24ClNO. The van der Waals surface area contributed by atoms with E-state index in [1.807, 2.05) is 6.92 Å². The van der Waals surface area contributed by atoms with Crippen molar-refractivity contribution in [1.82, 2.24) is 5.32 Å². The van der Waals surface area contributed by atoms with Gasteiger partial charge in [0.2, 0.25) is 0 Å². The first-order valence-corrected chi connectivity index (χ1v) is 6.16. The zero-order chi connectivity index (χ0) is 10.9. The maximum Gasteiger partial charge on any atom is 0.0477 e. The summed E-state index contributed by atoms with van der Waals surface area (Å²) < 4.78 is 5.28. The lowest BCUT2D eigenvalue weighted by Gasteiger charge is -2.30. The highest BCUT2D eigenvalue weighted by atomic mass is 35.5. The lowest BCUT2D eigenvalue weighted by Crippen LogP contribution is -2.46. The third-order valence-corrected chi connectivity index (χ3v) is 3.29. The summed E-state index contributed by atoms with van der Waals surface area (Å²) in [6.45, 7) is 9.03. The Morgan fingerprint density at radius 1 is 1.21 bits per heavy atom. The van der Waals surface area contributed by atoms with Crippen LogP contribution >= 0.6 is 11.6 Å². The minimum absolute atomic E-state index is 0.133. The van der Waals surface area contributed by atoms with E-state index in [9.17, 15) is 0 Å². The number of ether oxygens (including phenoxy) is 1. The minimum Gasteiger partial charge on any atom is -0.382 e. The monoisotopic (exact) mass is 221 g/mol. The second-order valence-electron chi connectivity index (χ2n) is 3.60. The van der Waals surface area contributed by atoms with Crippen molar-refractivity contribution in [2.75, 3.05) is 25.6 Å². The van der Waals surface area contributed by atoms with Gasteiger partial charge in [-0.3, -0.25) is 0 Å². The molecule has 0 aromatic carbocycles. The molecule has 1 N–H and O–H groups in total. The molecule has 0 heterocycles. The third kappa shape index (κ3) is 5.18. The van der Waals surface area contributed by atoms with Crippen LogP contribution < -0.4 is 5.32 Å². The fourth-order valence-electron chi connectivity index (χ4n) is 1.41. The molecular weight excluding hydrogens is 198 g/mol. The maximum atomic E-state index is 5.97. The number of nitrogens with one attached hydrogen (secondary N) is 1. The van der Waals surface area contributed by atoms with Crippen molar-refractivity contribution in [2.45, 2.75) is 45.6 Å². The quantitative estimate of drug-likeness (QED) is 0.478. The van der Waals surface area contributed by atoms with E-state index >= 15 is 0 Å². The van der Waals surface area contributed by atoms with Crippen molar-refractivity contribution in [3.05, 3.63) is 0 Å². The predicted molar refractivity (Wildman–Crippen MR) is 63.1 cm³/mol. The van der Waals surface area contributed by atoms with Crippen molar-refractivity contribution in [3.8, 4) is 0 Å². The molecule has 0 aromatic heterocycles. The van der Waals surface area contributed by atoms with Gasteiger partial charge in [-0.25, -0.2) is 0 Å². The molecule has 0 unspecified atom stereocenters. The molecule has 0 amide bonds. The van der Waals surface area contributed by atoms with Gasteiger partial charge in [0, 0.05) is 24.6 Å². The van der Waals surface area contributed by atoms with E-state index in [1.165, 1.54) is 0 Å². The van der Waals surface area contributed by atoms with E-state index in [0.717, 1.165) is 39.0 Å². The van der Waals surface area contributed by atoms with Crippen molar-refractivity contribution in [1.29, 1.82) is 0 Å². The molecule has 0 spiro atoms. The van der Waals surface area contributed by atoms with Crippen LogP contribution in [0.15, 0.2) is 0 Å². The number of halogens is 1. The first-order chi connectivity index (χ1) is 6.74. The van der Waals surface area contributed by atoms with Crippen LogP contribution in [0.1, 0.15) is 40.0 Å². The molecule has 0 bridgehead atoms. The maximum absolute atomic E-state index is 5.97. The van der Waals surface area contributed by atoms with Gasteiger partial charge < -0.3 is 10.1 Å². The summed E-state index contributed by atoms with van der Waals surface area (Å²) in [7, 11) is 0. The Bertz CT molecular complexity index is 118. The van der Waals surface area contributed by atoms with Crippen LogP contribution in [0.5, 0.6) is 0 Å². The third-order valence-electron chi connectivity index (χ3n) is 2.78. The van der Waals surface area contributed by atoms with Crippen LogP contribution in [0.4, 0.5) is 0 Å². The molecule has 0 radical (unpaired) electrons. The molecule has 0 aromatic rings. The standard InChI is InChI=1S/C11H24ClNO/c1-4-11(5-2,10-12)13-8-7-9-14-6-3/h13H,4-10H2,1-3H3. The van der Waals surface area contributed by atoms with E-state index < -0.39 is 0 Å². The fraction of sp³-hybridized carbons (Fsp3) is 1.00. The SMILES string of the molecule is CCOCCCNC(CC)(CC)CCl. The van der Waals surface area contributed by atoms with E-state index in [1.54, 1.807) is 0 Å². The van der Waals surface area contributed by atoms with Gasteiger partial charge in [-0.15, -0.1) is 11.6 Å². The molecule has 0 fully saturated rings. The van der Waals surface area contributed by atoms with Crippen LogP contribution in [0, 0.1) is 0 Å². The van der Waals surface area contributed by atoms with E-state index in [0.29, 0.717) is 5.88 Å². The molecule has 0 atom stereocenters. The molecule has 0 rings (SSSR count). The summed E-state index contributed by atoms with van der Waals surface area (Å²) in [5, 5.41) is 3.53. The van der Waals surface area contributed by atoms with Crippen LogP contribution in [0.25, 0.3) is 0 Å². The number of rotatable bonds is 9. The molecule has 86 valence electrons. The second-order valence-corrected chi connectivity index (χ2v) is 3.87. The average molecular weight is 222 g/mol. The molecule has 0 aliphatic rings. The zero-order valence-corrected chi connectivity index (χ0v) is 10.5. The van der Waals surface area contributed by atoms with Crippen LogP contribution in [0.2, 0.25) is 0 Å². The first-order valence-electron chi connectivity index (χ1n) is 5.63. The smallest absolute Gasteiger partial charge is 0.0477 e. The van der Waals surface area contributed by atoms with Crippen LogP contribution in [-0.2, 0) is 4.74 Å². The number of hydrogen-bond acceptors (Lipinski definition) is 2. The highest BCUT2D eigenvalue weighted by molar-refractivity contribution is 6.18.